The van der Waals surface area contributed by atoms with Crippen molar-refractivity contribution in [2.45, 2.75) is 26.3 Å². The average Bonchev–Trinajstić information content (AvgIpc) is 2.53. The van der Waals surface area contributed by atoms with Crippen LogP contribution in [0.1, 0.15) is 41.4 Å². The van der Waals surface area contributed by atoms with Gasteiger partial charge in [0.25, 0.3) is 5.91 Å². The van der Waals surface area contributed by atoms with Crippen molar-refractivity contribution < 1.29 is 9.90 Å². The van der Waals surface area contributed by atoms with Crippen LogP contribution in [0.2, 0.25) is 0 Å². The minimum atomic E-state index is -0.190. The quantitative estimate of drug-likeness (QED) is 0.927. The molecule has 0 aromatic heterocycles. The van der Waals surface area contributed by atoms with Gasteiger partial charge in [-0.3, -0.25) is 4.79 Å². The maximum absolute atomic E-state index is 12.5. The van der Waals surface area contributed by atoms with Crippen molar-refractivity contribution >= 4 is 5.91 Å². The zero-order valence-corrected chi connectivity index (χ0v) is 12.7. The van der Waals surface area contributed by atoms with Gasteiger partial charge in [-0.1, -0.05) is 37.3 Å². The molecule has 0 saturated carbocycles. The number of aromatic hydroxyl groups is 1. The van der Waals surface area contributed by atoms with Gasteiger partial charge >= 0.3 is 0 Å². The summed E-state index contributed by atoms with van der Waals surface area (Å²) < 4.78 is 0. The second kappa shape index (κ2) is 6.44. The molecule has 0 heterocycles. The first-order valence-corrected chi connectivity index (χ1v) is 7.18. The molecule has 3 nitrogen and oxygen atoms in total. The van der Waals surface area contributed by atoms with Crippen LogP contribution in [0.15, 0.2) is 48.5 Å². The van der Waals surface area contributed by atoms with Crippen LogP contribution in [0.25, 0.3) is 0 Å². The van der Waals surface area contributed by atoms with E-state index < -0.39 is 0 Å². The fourth-order valence-electron chi connectivity index (χ4n) is 2.31. The molecule has 0 fully saturated rings. The number of phenolic OH excluding ortho intramolecular Hbond substituents is 1. The van der Waals surface area contributed by atoms with Crippen LogP contribution < -0.4 is 0 Å². The molecule has 2 aromatic carbocycles. The van der Waals surface area contributed by atoms with Gasteiger partial charge in [-0.2, -0.15) is 0 Å². The first-order valence-electron chi connectivity index (χ1n) is 7.18. The molecule has 0 bridgehead atoms. The van der Waals surface area contributed by atoms with Crippen LogP contribution in [-0.2, 0) is 6.42 Å². The summed E-state index contributed by atoms with van der Waals surface area (Å²) in [5.74, 6) is 0.166. The lowest BCUT2D eigenvalue weighted by atomic mass is 10.0. The molecular formula is C18H21NO2. The normalized spacial score (nSPS) is 12.0. The maximum atomic E-state index is 12.5. The Bertz CT molecular complexity index is 619. The lowest BCUT2D eigenvalue weighted by Gasteiger charge is -2.26. The van der Waals surface area contributed by atoms with E-state index in [1.54, 1.807) is 24.1 Å². The summed E-state index contributed by atoms with van der Waals surface area (Å²) in [6, 6.07) is 14.6. The van der Waals surface area contributed by atoms with Crippen molar-refractivity contribution in [2.75, 3.05) is 7.05 Å². The number of phenols is 1. The second-order valence-corrected chi connectivity index (χ2v) is 5.20. The van der Waals surface area contributed by atoms with Gasteiger partial charge in [0.2, 0.25) is 0 Å². The summed E-state index contributed by atoms with van der Waals surface area (Å²) in [4.78, 5) is 14.2. The fourth-order valence-corrected chi connectivity index (χ4v) is 2.31. The maximum Gasteiger partial charge on any atom is 0.254 e. The third-order valence-corrected chi connectivity index (χ3v) is 3.90. The molecular weight excluding hydrogens is 262 g/mol. The Labute approximate surface area is 125 Å². The molecule has 110 valence electrons. The first-order chi connectivity index (χ1) is 10.0. The van der Waals surface area contributed by atoms with Crippen molar-refractivity contribution in [1.29, 1.82) is 0 Å². The number of rotatable bonds is 4. The Balaban J connectivity index is 2.20. The van der Waals surface area contributed by atoms with Crippen LogP contribution >= 0.6 is 0 Å². The number of amides is 1. The van der Waals surface area contributed by atoms with Crippen LogP contribution in [0.4, 0.5) is 0 Å². The molecule has 1 N–H and O–H groups in total. The van der Waals surface area contributed by atoms with Gasteiger partial charge in [0, 0.05) is 18.2 Å². The van der Waals surface area contributed by atoms with Gasteiger partial charge in [0.1, 0.15) is 5.75 Å². The standard InChI is InChI=1S/C18H21NO2/c1-4-14-9-11-15(12-10-14)18(21)19(3)13(2)16-7-5-6-8-17(16)20/h5-13,20H,4H2,1-3H3. The Morgan fingerprint density at radius 2 is 1.76 bits per heavy atom. The van der Waals surface area contributed by atoms with E-state index in [1.165, 1.54) is 5.56 Å². The van der Waals surface area contributed by atoms with E-state index in [2.05, 4.69) is 6.92 Å². The number of benzene rings is 2. The minimum Gasteiger partial charge on any atom is -0.508 e. The Morgan fingerprint density at radius 3 is 2.33 bits per heavy atom. The van der Waals surface area contributed by atoms with Gasteiger partial charge in [-0.05, 0) is 37.1 Å². The van der Waals surface area contributed by atoms with Gasteiger partial charge in [0.05, 0.1) is 6.04 Å². The van der Waals surface area contributed by atoms with E-state index in [0.29, 0.717) is 5.56 Å². The SMILES string of the molecule is CCc1ccc(C(=O)N(C)C(C)c2ccccc2O)cc1. The van der Waals surface area contributed by atoms with E-state index in [1.807, 2.05) is 43.3 Å². The number of nitrogens with zero attached hydrogens (tertiary/aromatic N) is 1. The van der Waals surface area contributed by atoms with Crippen LogP contribution in [-0.4, -0.2) is 23.0 Å². The van der Waals surface area contributed by atoms with E-state index in [4.69, 9.17) is 0 Å². The van der Waals surface area contributed by atoms with Crippen molar-refractivity contribution in [3.8, 4) is 5.75 Å². The van der Waals surface area contributed by atoms with E-state index in [0.717, 1.165) is 12.0 Å². The van der Waals surface area contributed by atoms with Gasteiger partial charge in [-0.15, -0.1) is 0 Å². The molecule has 0 aliphatic heterocycles. The van der Waals surface area contributed by atoms with E-state index >= 15 is 0 Å². The first kappa shape index (κ1) is 15.1. The fraction of sp³-hybridized carbons (Fsp3) is 0.278. The number of para-hydroxylation sites is 1. The lowest BCUT2D eigenvalue weighted by molar-refractivity contribution is 0.0741. The topological polar surface area (TPSA) is 40.5 Å². The van der Waals surface area contributed by atoms with Crippen LogP contribution in [0.3, 0.4) is 0 Å². The van der Waals surface area contributed by atoms with Gasteiger partial charge in [0.15, 0.2) is 0 Å². The van der Waals surface area contributed by atoms with E-state index in [9.17, 15) is 9.90 Å². The Kier molecular flexibility index (Phi) is 4.63. The zero-order chi connectivity index (χ0) is 15.4. The molecule has 0 radical (unpaired) electrons. The Hall–Kier alpha value is -2.29. The predicted molar refractivity (Wildman–Crippen MR) is 84.4 cm³/mol. The molecule has 0 aliphatic rings. The highest BCUT2D eigenvalue weighted by molar-refractivity contribution is 5.94. The summed E-state index contributed by atoms with van der Waals surface area (Å²) in [7, 11) is 1.76. The lowest BCUT2D eigenvalue weighted by Crippen LogP contribution is -2.29. The molecule has 1 atom stereocenters. The van der Waals surface area contributed by atoms with Gasteiger partial charge in [-0.25, -0.2) is 0 Å². The van der Waals surface area contributed by atoms with Crippen molar-refractivity contribution in [1.82, 2.24) is 4.90 Å². The molecule has 1 amide bonds. The average molecular weight is 283 g/mol. The largest absolute Gasteiger partial charge is 0.508 e. The van der Waals surface area contributed by atoms with Gasteiger partial charge < -0.3 is 10.0 Å². The number of hydrogen-bond acceptors (Lipinski definition) is 2. The monoisotopic (exact) mass is 283 g/mol. The third-order valence-electron chi connectivity index (χ3n) is 3.90. The number of carbonyl (C=O) groups excluding carboxylic acids is 1. The minimum absolute atomic E-state index is 0.0478. The zero-order valence-electron chi connectivity index (χ0n) is 12.7. The third kappa shape index (κ3) is 3.24. The van der Waals surface area contributed by atoms with Crippen molar-refractivity contribution in [3.63, 3.8) is 0 Å². The Morgan fingerprint density at radius 1 is 1.14 bits per heavy atom. The van der Waals surface area contributed by atoms with Crippen LogP contribution in [0.5, 0.6) is 5.75 Å². The summed E-state index contributed by atoms with van der Waals surface area (Å²) in [5.41, 5.74) is 2.62. The predicted octanol–water partition coefficient (Wildman–Crippen LogP) is 3.79. The second-order valence-electron chi connectivity index (χ2n) is 5.20. The smallest absolute Gasteiger partial charge is 0.254 e. The highest BCUT2D eigenvalue weighted by atomic mass is 16.3. The van der Waals surface area contributed by atoms with Crippen LogP contribution in [0, 0.1) is 0 Å². The highest BCUT2D eigenvalue weighted by Gasteiger charge is 2.20. The molecule has 1 unspecified atom stereocenters. The molecule has 0 saturated heterocycles. The highest BCUT2D eigenvalue weighted by Crippen LogP contribution is 2.28. The molecule has 3 heteroatoms. The van der Waals surface area contributed by atoms with Crippen molar-refractivity contribution in [2.24, 2.45) is 0 Å². The molecule has 0 spiro atoms. The summed E-state index contributed by atoms with van der Waals surface area (Å²) in [6.07, 6.45) is 0.957. The molecule has 2 rings (SSSR count). The molecule has 0 aliphatic carbocycles. The summed E-state index contributed by atoms with van der Waals surface area (Å²) in [6.45, 7) is 4.00. The number of carbonyl (C=O) groups is 1. The van der Waals surface area contributed by atoms with Crippen molar-refractivity contribution in [3.05, 3.63) is 65.2 Å². The number of aryl methyl sites for hydroxylation is 1. The number of hydrogen-bond donors (Lipinski definition) is 1. The molecule has 2 aromatic rings. The molecule has 21 heavy (non-hydrogen) atoms. The van der Waals surface area contributed by atoms with E-state index in [-0.39, 0.29) is 17.7 Å². The summed E-state index contributed by atoms with van der Waals surface area (Å²) >= 11 is 0. The summed E-state index contributed by atoms with van der Waals surface area (Å²) in [5, 5.41) is 9.91.